The SMILES string of the molecule is c1ccc(-c2cc(-c3ccc4c5ccccc5c5ccccc5c4c3)ccc2-c2cc(-c3ccncc3)cc(-c3ccncc3)c2)cc1. The van der Waals surface area contributed by atoms with Crippen molar-refractivity contribution in [2.75, 3.05) is 0 Å². The zero-order chi connectivity index (χ0) is 31.9. The molecule has 0 spiro atoms. The summed E-state index contributed by atoms with van der Waals surface area (Å²) in [5.74, 6) is 0. The lowest BCUT2D eigenvalue weighted by atomic mass is 9.87. The second kappa shape index (κ2) is 11.8. The fourth-order valence-corrected chi connectivity index (χ4v) is 7.12. The van der Waals surface area contributed by atoms with Gasteiger partial charge in [0.15, 0.2) is 0 Å². The Balaban J connectivity index is 1.26. The van der Waals surface area contributed by atoms with Crippen LogP contribution >= 0.6 is 0 Å². The number of aromatic nitrogens is 2. The molecule has 9 aromatic rings. The van der Waals surface area contributed by atoms with Gasteiger partial charge in [-0.05, 0) is 143 Å². The molecule has 0 bridgehead atoms. The summed E-state index contributed by atoms with van der Waals surface area (Å²) in [6, 6.07) is 57.3. The Morgan fingerprint density at radius 1 is 0.229 bits per heavy atom. The molecule has 0 atom stereocenters. The van der Waals surface area contributed by atoms with Crippen LogP contribution in [-0.4, -0.2) is 9.97 Å². The quantitative estimate of drug-likeness (QED) is 0.181. The van der Waals surface area contributed by atoms with Gasteiger partial charge >= 0.3 is 0 Å². The first-order valence-corrected chi connectivity index (χ1v) is 16.3. The monoisotopic (exact) mass is 610 g/mol. The van der Waals surface area contributed by atoms with Crippen molar-refractivity contribution in [1.29, 1.82) is 0 Å². The summed E-state index contributed by atoms with van der Waals surface area (Å²) in [5, 5.41) is 7.71. The largest absolute Gasteiger partial charge is 0.265 e. The Kier molecular flexibility index (Phi) is 6.84. The molecule has 0 amide bonds. The average molecular weight is 611 g/mol. The van der Waals surface area contributed by atoms with Crippen molar-refractivity contribution in [1.82, 2.24) is 9.97 Å². The molecule has 0 saturated heterocycles. The maximum atomic E-state index is 4.27. The van der Waals surface area contributed by atoms with E-state index in [1.54, 1.807) is 0 Å². The second-order valence-electron chi connectivity index (χ2n) is 12.2. The molecular formula is C46H30N2. The number of rotatable bonds is 5. The third-order valence-corrected chi connectivity index (χ3v) is 9.45. The summed E-state index contributed by atoms with van der Waals surface area (Å²) in [5.41, 5.74) is 11.7. The maximum absolute atomic E-state index is 4.27. The molecule has 0 aliphatic carbocycles. The highest BCUT2D eigenvalue weighted by atomic mass is 14.6. The molecule has 2 nitrogen and oxygen atoms in total. The standard InChI is InChI=1S/C46H30N2/c1-2-8-33(9-3-1)45-29-34(35-15-17-44-42-12-5-4-10-40(42)41-11-6-7-13-43(41)46(44)30-35)14-16-39(45)38-27-36(31-18-22-47-23-19-31)26-37(28-38)32-20-24-48-25-21-32/h1-30H. The van der Waals surface area contributed by atoms with Crippen molar-refractivity contribution < 1.29 is 0 Å². The highest BCUT2D eigenvalue weighted by Crippen LogP contribution is 2.41. The lowest BCUT2D eigenvalue weighted by molar-refractivity contribution is 1.33. The first-order valence-electron chi connectivity index (χ1n) is 16.3. The molecule has 9 rings (SSSR count). The molecule has 0 saturated carbocycles. The molecule has 0 N–H and O–H groups in total. The summed E-state index contributed by atoms with van der Waals surface area (Å²) >= 11 is 0. The molecule has 0 fully saturated rings. The third kappa shape index (κ3) is 4.92. The van der Waals surface area contributed by atoms with Gasteiger partial charge in [0.05, 0.1) is 0 Å². The molecule has 0 aliphatic heterocycles. The van der Waals surface area contributed by atoms with Crippen LogP contribution in [0.5, 0.6) is 0 Å². The molecule has 0 aliphatic rings. The van der Waals surface area contributed by atoms with Crippen molar-refractivity contribution in [3.05, 3.63) is 183 Å². The molecule has 48 heavy (non-hydrogen) atoms. The van der Waals surface area contributed by atoms with Crippen LogP contribution in [0, 0.1) is 0 Å². The summed E-state index contributed by atoms with van der Waals surface area (Å²) in [4.78, 5) is 8.53. The fourth-order valence-electron chi connectivity index (χ4n) is 7.12. The Hall–Kier alpha value is -6.38. The number of fused-ring (bicyclic) bond motifs is 6. The fraction of sp³-hybridized carbons (Fsp3) is 0. The minimum atomic E-state index is 1.14. The van der Waals surface area contributed by atoms with E-state index in [0.717, 1.165) is 27.8 Å². The molecule has 224 valence electrons. The average Bonchev–Trinajstić information content (AvgIpc) is 3.18. The maximum Gasteiger partial charge on any atom is 0.0273 e. The van der Waals surface area contributed by atoms with E-state index >= 15 is 0 Å². The predicted molar refractivity (Wildman–Crippen MR) is 202 cm³/mol. The Morgan fingerprint density at radius 2 is 0.688 bits per heavy atom. The number of benzene rings is 7. The van der Waals surface area contributed by atoms with E-state index in [0.29, 0.717) is 0 Å². The van der Waals surface area contributed by atoms with Gasteiger partial charge in [-0.2, -0.15) is 0 Å². The van der Waals surface area contributed by atoms with E-state index in [2.05, 4.69) is 168 Å². The Labute approximate surface area is 279 Å². The van der Waals surface area contributed by atoms with Gasteiger partial charge in [0, 0.05) is 24.8 Å². The van der Waals surface area contributed by atoms with Gasteiger partial charge in [0.1, 0.15) is 0 Å². The van der Waals surface area contributed by atoms with Crippen molar-refractivity contribution >= 4 is 32.3 Å². The minimum Gasteiger partial charge on any atom is -0.265 e. The lowest BCUT2D eigenvalue weighted by Crippen LogP contribution is -1.91. The minimum absolute atomic E-state index is 1.14. The molecule has 7 aromatic carbocycles. The third-order valence-electron chi connectivity index (χ3n) is 9.45. The normalized spacial score (nSPS) is 11.3. The molecule has 2 heteroatoms. The molecular weight excluding hydrogens is 581 g/mol. The van der Waals surface area contributed by atoms with E-state index < -0.39 is 0 Å². The lowest BCUT2D eigenvalue weighted by Gasteiger charge is -2.17. The van der Waals surface area contributed by atoms with Crippen LogP contribution in [-0.2, 0) is 0 Å². The van der Waals surface area contributed by atoms with Gasteiger partial charge in [0.2, 0.25) is 0 Å². The van der Waals surface area contributed by atoms with Crippen molar-refractivity contribution in [2.45, 2.75) is 0 Å². The van der Waals surface area contributed by atoms with Crippen LogP contribution in [0.3, 0.4) is 0 Å². The van der Waals surface area contributed by atoms with Crippen molar-refractivity contribution in [3.63, 3.8) is 0 Å². The number of pyridine rings is 2. The van der Waals surface area contributed by atoms with Crippen LogP contribution in [0.25, 0.3) is 88.0 Å². The zero-order valence-corrected chi connectivity index (χ0v) is 26.2. The summed E-state index contributed by atoms with van der Waals surface area (Å²) in [6.07, 6.45) is 7.42. The first-order chi connectivity index (χ1) is 23.8. The first kappa shape index (κ1) is 27.9. The molecule has 0 radical (unpaired) electrons. The van der Waals surface area contributed by atoms with Gasteiger partial charge in [-0.25, -0.2) is 0 Å². The van der Waals surface area contributed by atoms with Gasteiger partial charge < -0.3 is 0 Å². The highest BCUT2D eigenvalue weighted by molar-refractivity contribution is 6.25. The van der Waals surface area contributed by atoms with Crippen molar-refractivity contribution in [3.8, 4) is 55.6 Å². The van der Waals surface area contributed by atoms with Crippen LogP contribution in [0.2, 0.25) is 0 Å². The van der Waals surface area contributed by atoms with Crippen LogP contribution in [0.1, 0.15) is 0 Å². The van der Waals surface area contributed by atoms with Gasteiger partial charge in [-0.3, -0.25) is 9.97 Å². The topological polar surface area (TPSA) is 25.8 Å². The van der Waals surface area contributed by atoms with Crippen LogP contribution in [0.15, 0.2) is 183 Å². The second-order valence-corrected chi connectivity index (χ2v) is 12.2. The summed E-state index contributed by atoms with van der Waals surface area (Å²) in [6.45, 7) is 0. The van der Waals surface area contributed by atoms with Gasteiger partial charge in [0.25, 0.3) is 0 Å². The van der Waals surface area contributed by atoms with E-state index in [-0.39, 0.29) is 0 Å². The zero-order valence-electron chi connectivity index (χ0n) is 26.2. The summed E-state index contributed by atoms with van der Waals surface area (Å²) in [7, 11) is 0. The Bertz CT molecular complexity index is 2500. The number of hydrogen-bond acceptors (Lipinski definition) is 2. The molecule has 2 aromatic heterocycles. The number of hydrogen-bond donors (Lipinski definition) is 0. The number of nitrogens with zero attached hydrogens (tertiary/aromatic N) is 2. The van der Waals surface area contributed by atoms with E-state index in [4.69, 9.17) is 0 Å². The van der Waals surface area contributed by atoms with E-state index in [9.17, 15) is 0 Å². The van der Waals surface area contributed by atoms with Crippen LogP contribution < -0.4 is 0 Å². The van der Waals surface area contributed by atoms with Crippen molar-refractivity contribution in [2.24, 2.45) is 0 Å². The van der Waals surface area contributed by atoms with Crippen LogP contribution in [0.4, 0.5) is 0 Å². The van der Waals surface area contributed by atoms with Gasteiger partial charge in [-0.1, -0.05) is 103 Å². The van der Waals surface area contributed by atoms with E-state index in [1.165, 1.54) is 60.1 Å². The predicted octanol–water partition coefficient (Wildman–Crippen LogP) is 12.3. The molecule has 2 heterocycles. The van der Waals surface area contributed by atoms with Gasteiger partial charge in [-0.15, -0.1) is 0 Å². The highest BCUT2D eigenvalue weighted by Gasteiger charge is 2.15. The summed E-state index contributed by atoms with van der Waals surface area (Å²) < 4.78 is 0. The van der Waals surface area contributed by atoms with E-state index in [1.807, 2.05) is 24.8 Å². The Morgan fingerprint density at radius 3 is 1.27 bits per heavy atom. The smallest absolute Gasteiger partial charge is 0.0273 e. The molecule has 0 unspecified atom stereocenters.